The monoisotopic (exact) mass is 369 g/mol. The van der Waals surface area contributed by atoms with Crippen molar-refractivity contribution in [2.24, 2.45) is 5.92 Å². The van der Waals surface area contributed by atoms with Gasteiger partial charge in [-0.2, -0.15) is 0 Å². The molecule has 1 nitrogen and oxygen atoms in total. The summed E-state index contributed by atoms with van der Waals surface area (Å²) in [6.45, 7) is 0.884. The molecule has 0 radical (unpaired) electrons. The Morgan fingerprint density at radius 3 is 2.52 bits per heavy atom. The number of hydrogen-bond donors (Lipinski definition) is 1. The first-order chi connectivity index (χ1) is 10.1. The van der Waals surface area contributed by atoms with Crippen molar-refractivity contribution < 1.29 is 4.39 Å². The minimum atomic E-state index is -0.292. The van der Waals surface area contributed by atoms with E-state index in [1.165, 1.54) is 17.7 Å². The zero-order chi connectivity index (χ0) is 15.2. The van der Waals surface area contributed by atoms with E-state index in [-0.39, 0.29) is 5.82 Å². The predicted octanol–water partition coefficient (Wildman–Crippen LogP) is 4.86. The fraction of sp³-hybridized carbons (Fsp3) is 0.294. The van der Waals surface area contributed by atoms with Crippen LogP contribution in [0.2, 0.25) is 5.02 Å². The maximum Gasteiger partial charge on any atom is 0.124 e. The first kappa shape index (κ1) is 16.5. The van der Waals surface area contributed by atoms with E-state index in [1.807, 2.05) is 19.2 Å². The van der Waals surface area contributed by atoms with E-state index in [2.05, 4.69) is 33.4 Å². The number of nitrogens with one attached hydrogen (secondary N) is 1. The fourth-order valence-corrected chi connectivity index (χ4v) is 3.17. The molecule has 2 rings (SSSR count). The van der Waals surface area contributed by atoms with Crippen molar-refractivity contribution in [3.63, 3.8) is 0 Å². The van der Waals surface area contributed by atoms with Crippen LogP contribution in [-0.2, 0) is 12.8 Å². The number of halogens is 3. The van der Waals surface area contributed by atoms with Crippen molar-refractivity contribution in [2.75, 3.05) is 13.6 Å². The number of benzene rings is 2. The van der Waals surface area contributed by atoms with Gasteiger partial charge in [0.2, 0.25) is 0 Å². The van der Waals surface area contributed by atoms with Gasteiger partial charge >= 0.3 is 0 Å². The molecule has 21 heavy (non-hydrogen) atoms. The Kier molecular flexibility index (Phi) is 6.22. The normalized spacial score (nSPS) is 12.4. The van der Waals surface area contributed by atoms with Crippen molar-refractivity contribution >= 4 is 27.5 Å². The lowest BCUT2D eigenvalue weighted by atomic mass is 9.92. The topological polar surface area (TPSA) is 12.0 Å². The van der Waals surface area contributed by atoms with Crippen LogP contribution < -0.4 is 5.32 Å². The zero-order valence-corrected chi connectivity index (χ0v) is 14.2. The van der Waals surface area contributed by atoms with E-state index in [9.17, 15) is 4.39 Å². The molecule has 0 aliphatic carbocycles. The summed E-state index contributed by atoms with van der Waals surface area (Å²) < 4.78 is 14.3. The van der Waals surface area contributed by atoms with Crippen molar-refractivity contribution in [1.82, 2.24) is 5.32 Å². The van der Waals surface area contributed by atoms with Gasteiger partial charge in [-0.1, -0.05) is 51.8 Å². The molecule has 0 aliphatic rings. The van der Waals surface area contributed by atoms with Gasteiger partial charge in [-0.15, -0.1) is 0 Å². The Hall–Kier alpha value is -0.900. The van der Waals surface area contributed by atoms with Gasteiger partial charge in [-0.3, -0.25) is 0 Å². The molecule has 1 atom stereocenters. The molecule has 0 aliphatic heterocycles. The molecule has 0 bridgehead atoms. The van der Waals surface area contributed by atoms with Crippen molar-refractivity contribution in [3.05, 3.63) is 68.9 Å². The summed E-state index contributed by atoms with van der Waals surface area (Å²) in [5, 5.41) is 3.73. The van der Waals surface area contributed by atoms with Crippen molar-refractivity contribution in [2.45, 2.75) is 12.8 Å². The quantitative estimate of drug-likeness (QED) is 0.765. The van der Waals surface area contributed by atoms with Crippen LogP contribution >= 0.6 is 27.5 Å². The van der Waals surface area contributed by atoms with Crippen molar-refractivity contribution in [1.29, 1.82) is 0 Å². The molecule has 2 aromatic carbocycles. The maximum absolute atomic E-state index is 13.1. The average molecular weight is 371 g/mol. The Bertz CT molecular complexity index is 603. The highest BCUT2D eigenvalue weighted by Crippen LogP contribution is 2.24. The van der Waals surface area contributed by atoms with Gasteiger partial charge in [0.15, 0.2) is 0 Å². The lowest BCUT2D eigenvalue weighted by Gasteiger charge is -2.18. The first-order valence-electron chi connectivity index (χ1n) is 6.92. The third kappa shape index (κ3) is 4.80. The Balaban J connectivity index is 2.14. The van der Waals surface area contributed by atoms with Crippen LogP contribution in [0.3, 0.4) is 0 Å². The van der Waals surface area contributed by atoms with Crippen LogP contribution in [0.1, 0.15) is 11.1 Å². The molecule has 0 heterocycles. The van der Waals surface area contributed by atoms with E-state index in [4.69, 9.17) is 11.6 Å². The number of hydrogen-bond acceptors (Lipinski definition) is 1. The van der Waals surface area contributed by atoms with Gasteiger partial charge in [-0.05, 0) is 61.7 Å². The van der Waals surface area contributed by atoms with Crippen LogP contribution in [0.25, 0.3) is 0 Å². The highest BCUT2D eigenvalue weighted by Gasteiger charge is 2.14. The van der Waals surface area contributed by atoms with E-state index in [1.54, 1.807) is 6.07 Å². The largest absolute Gasteiger partial charge is 0.319 e. The molecule has 0 saturated carbocycles. The molecule has 1 N–H and O–H groups in total. The molecule has 0 aromatic heterocycles. The highest BCUT2D eigenvalue weighted by atomic mass is 79.9. The average Bonchev–Trinajstić information content (AvgIpc) is 2.44. The second kappa shape index (κ2) is 7.92. The smallest absolute Gasteiger partial charge is 0.124 e. The summed E-state index contributed by atoms with van der Waals surface area (Å²) in [7, 11) is 1.94. The molecule has 0 spiro atoms. The Labute approximate surface area is 138 Å². The Morgan fingerprint density at radius 2 is 1.86 bits per heavy atom. The number of rotatable bonds is 6. The molecule has 1 unspecified atom stereocenters. The minimum absolute atomic E-state index is 0.292. The molecular formula is C17H18BrClFN. The van der Waals surface area contributed by atoms with Crippen LogP contribution in [0.4, 0.5) is 4.39 Å². The van der Waals surface area contributed by atoms with E-state index in [0.717, 1.165) is 29.4 Å². The standard InChI is InChI=1S/C17H18BrClFN/c1-21-11-12(8-13-4-2-3-5-16(13)18)9-14-6-7-15(20)10-17(14)19/h2-7,10,12,21H,8-9,11H2,1H3. The van der Waals surface area contributed by atoms with Gasteiger partial charge in [-0.25, -0.2) is 4.39 Å². The molecule has 112 valence electrons. The van der Waals surface area contributed by atoms with E-state index in [0.29, 0.717) is 10.9 Å². The molecule has 0 fully saturated rings. The van der Waals surface area contributed by atoms with Crippen LogP contribution in [-0.4, -0.2) is 13.6 Å². The van der Waals surface area contributed by atoms with Gasteiger partial charge in [0.25, 0.3) is 0 Å². The SMILES string of the molecule is CNCC(Cc1ccc(F)cc1Cl)Cc1ccccc1Br. The lowest BCUT2D eigenvalue weighted by Crippen LogP contribution is -2.23. The Morgan fingerprint density at radius 1 is 1.14 bits per heavy atom. The van der Waals surface area contributed by atoms with Crippen LogP contribution in [0, 0.1) is 11.7 Å². The summed E-state index contributed by atoms with van der Waals surface area (Å²) >= 11 is 9.73. The van der Waals surface area contributed by atoms with E-state index >= 15 is 0 Å². The molecule has 4 heteroatoms. The molecule has 0 saturated heterocycles. The second-order valence-electron chi connectivity index (χ2n) is 5.16. The maximum atomic E-state index is 13.1. The summed E-state index contributed by atoms with van der Waals surface area (Å²) in [5.74, 6) is 0.108. The summed E-state index contributed by atoms with van der Waals surface area (Å²) in [6.07, 6.45) is 1.76. The van der Waals surface area contributed by atoms with Gasteiger partial charge < -0.3 is 5.32 Å². The summed E-state index contributed by atoms with van der Waals surface area (Å²) in [4.78, 5) is 0. The third-order valence-corrected chi connectivity index (χ3v) is 4.61. The zero-order valence-electron chi connectivity index (χ0n) is 11.9. The van der Waals surface area contributed by atoms with Gasteiger partial charge in [0, 0.05) is 9.50 Å². The highest BCUT2D eigenvalue weighted by molar-refractivity contribution is 9.10. The van der Waals surface area contributed by atoms with Crippen molar-refractivity contribution in [3.8, 4) is 0 Å². The third-order valence-electron chi connectivity index (χ3n) is 3.48. The molecule has 2 aromatic rings. The first-order valence-corrected chi connectivity index (χ1v) is 8.09. The van der Waals surface area contributed by atoms with E-state index < -0.39 is 0 Å². The summed E-state index contributed by atoms with van der Waals surface area (Å²) in [5.41, 5.74) is 2.27. The second-order valence-corrected chi connectivity index (χ2v) is 6.42. The van der Waals surface area contributed by atoms with Gasteiger partial charge in [0.1, 0.15) is 5.82 Å². The molecule has 0 amide bonds. The van der Waals surface area contributed by atoms with Crippen LogP contribution in [0.5, 0.6) is 0 Å². The minimum Gasteiger partial charge on any atom is -0.319 e. The van der Waals surface area contributed by atoms with Crippen LogP contribution in [0.15, 0.2) is 46.9 Å². The molecular weight excluding hydrogens is 353 g/mol. The van der Waals surface area contributed by atoms with Gasteiger partial charge in [0.05, 0.1) is 0 Å². The predicted molar refractivity (Wildman–Crippen MR) is 90.4 cm³/mol. The fourth-order valence-electron chi connectivity index (χ4n) is 2.48. The summed E-state index contributed by atoms with van der Waals surface area (Å²) in [6, 6.07) is 12.9. The lowest BCUT2D eigenvalue weighted by molar-refractivity contribution is 0.492.